The Kier molecular flexibility index (Phi) is 3.14. The monoisotopic (exact) mass is 275 g/mol. The average molecular weight is 275 g/mol. The molecule has 1 saturated heterocycles. The molecule has 3 heterocycles. The molecular formula is C14H17N3OS. The van der Waals surface area contributed by atoms with Crippen LogP contribution in [-0.4, -0.2) is 28.9 Å². The molecular weight excluding hydrogens is 258 g/mol. The zero-order valence-electron chi connectivity index (χ0n) is 11.0. The zero-order chi connectivity index (χ0) is 13.4. The standard InChI is InChI=1S/C14H17N3OS/c1-9-5-6-10-11(15)12(19-13(10)16-9)14(18)17-7-3-2-4-8-17/h5-6H,2-4,7-8,15H2,1H3. The topological polar surface area (TPSA) is 59.2 Å². The molecule has 4 nitrogen and oxygen atoms in total. The van der Waals surface area contributed by atoms with E-state index in [1.54, 1.807) is 0 Å². The molecule has 2 aromatic heterocycles. The van der Waals surface area contributed by atoms with Crippen LogP contribution in [0.3, 0.4) is 0 Å². The van der Waals surface area contributed by atoms with Gasteiger partial charge in [-0.2, -0.15) is 0 Å². The fourth-order valence-electron chi connectivity index (χ4n) is 2.49. The van der Waals surface area contributed by atoms with Gasteiger partial charge in [0.1, 0.15) is 9.71 Å². The molecule has 3 rings (SSSR count). The van der Waals surface area contributed by atoms with Gasteiger partial charge in [0.25, 0.3) is 5.91 Å². The van der Waals surface area contributed by atoms with Gasteiger partial charge in [-0.1, -0.05) is 0 Å². The van der Waals surface area contributed by atoms with Crippen LogP contribution >= 0.6 is 11.3 Å². The SMILES string of the molecule is Cc1ccc2c(N)c(C(=O)N3CCCCC3)sc2n1. The minimum atomic E-state index is 0.0675. The average Bonchev–Trinajstić information content (AvgIpc) is 2.75. The molecule has 100 valence electrons. The maximum Gasteiger partial charge on any atom is 0.266 e. The Bertz CT molecular complexity index is 629. The first-order valence-corrected chi connectivity index (χ1v) is 7.43. The van der Waals surface area contributed by atoms with Gasteiger partial charge < -0.3 is 10.6 Å². The Morgan fingerprint density at radius 1 is 1.32 bits per heavy atom. The second-order valence-electron chi connectivity index (χ2n) is 5.00. The molecule has 19 heavy (non-hydrogen) atoms. The van der Waals surface area contributed by atoms with Crippen molar-refractivity contribution in [3.8, 4) is 0 Å². The van der Waals surface area contributed by atoms with Crippen LogP contribution in [-0.2, 0) is 0 Å². The van der Waals surface area contributed by atoms with Crippen molar-refractivity contribution in [3.63, 3.8) is 0 Å². The van der Waals surface area contributed by atoms with Crippen LogP contribution in [0.5, 0.6) is 0 Å². The highest BCUT2D eigenvalue weighted by Crippen LogP contribution is 2.33. The van der Waals surface area contributed by atoms with Crippen LogP contribution in [0.4, 0.5) is 5.69 Å². The number of rotatable bonds is 1. The summed E-state index contributed by atoms with van der Waals surface area (Å²) >= 11 is 1.41. The smallest absolute Gasteiger partial charge is 0.266 e. The largest absolute Gasteiger partial charge is 0.397 e. The van der Waals surface area contributed by atoms with Crippen molar-refractivity contribution < 1.29 is 4.79 Å². The van der Waals surface area contributed by atoms with Gasteiger partial charge in [-0.25, -0.2) is 4.98 Å². The first-order chi connectivity index (χ1) is 9.16. The number of anilines is 1. The molecule has 1 fully saturated rings. The minimum Gasteiger partial charge on any atom is -0.397 e. The summed E-state index contributed by atoms with van der Waals surface area (Å²) in [5, 5.41) is 0.899. The number of carbonyl (C=O) groups is 1. The van der Waals surface area contributed by atoms with Crippen LogP contribution in [0.25, 0.3) is 10.2 Å². The lowest BCUT2D eigenvalue weighted by Crippen LogP contribution is -2.35. The van der Waals surface area contributed by atoms with E-state index in [0.717, 1.165) is 41.8 Å². The third-order valence-corrected chi connectivity index (χ3v) is 4.67. The first kappa shape index (κ1) is 12.4. The lowest BCUT2D eigenvalue weighted by molar-refractivity contribution is 0.0730. The lowest BCUT2D eigenvalue weighted by atomic mass is 10.1. The van der Waals surface area contributed by atoms with Gasteiger partial charge in [0.15, 0.2) is 0 Å². The Morgan fingerprint density at radius 2 is 2.05 bits per heavy atom. The minimum absolute atomic E-state index is 0.0675. The van der Waals surface area contributed by atoms with Crippen molar-refractivity contribution in [1.82, 2.24) is 9.88 Å². The van der Waals surface area contributed by atoms with Crippen molar-refractivity contribution in [2.24, 2.45) is 0 Å². The number of carbonyl (C=O) groups excluding carboxylic acids is 1. The fraction of sp³-hybridized carbons (Fsp3) is 0.429. The molecule has 1 aliphatic rings. The molecule has 5 heteroatoms. The first-order valence-electron chi connectivity index (χ1n) is 6.62. The van der Waals surface area contributed by atoms with E-state index in [4.69, 9.17) is 5.73 Å². The third kappa shape index (κ3) is 2.18. The molecule has 1 aliphatic heterocycles. The fourth-order valence-corrected chi connectivity index (χ4v) is 3.60. The zero-order valence-corrected chi connectivity index (χ0v) is 11.8. The molecule has 0 saturated carbocycles. The Balaban J connectivity index is 2.00. The number of aromatic nitrogens is 1. The Hall–Kier alpha value is -1.62. The van der Waals surface area contributed by atoms with Crippen LogP contribution in [0.1, 0.15) is 34.6 Å². The van der Waals surface area contributed by atoms with Gasteiger partial charge in [-0.15, -0.1) is 11.3 Å². The number of nitrogen functional groups attached to an aromatic ring is 1. The third-order valence-electron chi connectivity index (χ3n) is 3.57. The number of fused-ring (bicyclic) bond motifs is 1. The molecule has 0 radical (unpaired) electrons. The quantitative estimate of drug-likeness (QED) is 0.870. The van der Waals surface area contributed by atoms with Crippen molar-refractivity contribution in [2.75, 3.05) is 18.8 Å². The number of aryl methyl sites for hydroxylation is 1. The number of piperidine rings is 1. The van der Waals surface area contributed by atoms with Crippen molar-refractivity contribution in [2.45, 2.75) is 26.2 Å². The second kappa shape index (κ2) is 4.81. The number of nitrogens with two attached hydrogens (primary N) is 1. The Labute approximate surface area is 116 Å². The van der Waals surface area contributed by atoms with E-state index in [2.05, 4.69) is 4.98 Å². The summed E-state index contributed by atoms with van der Waals surface area (Å²) in [6.07, 6.45) is 3.40. The summed E-state index contributed by atoms with van der Waals surface area (Å²) in [4.78, 5) is 20.4. The van der Waals surface area contributed by atoms with Crippen LogP contribution in [0.2, 0.25) is 0 Å². The van der Waals surface area contributed by atoms with Crippen LogP contribution in [0, 0.1) is 6.92 Å². The molecule has 0 spiro atoms. The van der Waals surface area contributed by atoms with E-state index in [9.17, 15) is 4.79 Å². The normalized spacial score (nSPS) is 15.9. The summed E-state index contributed by atoms with van der Waals surface area (Å²) in [5.41, 5.74) is 7.66. The number of hydrogen-bond acceptors (Lipinski definition) is 4. The van der Waals surface area contributed by atoms with Gasteiger partial charge in [-0.05, 0) is 38.3 Å². The molecule has 0 unspecified atom stereocenters. The Morgan fingerprint density at radius 3 is 2.79 bits per heavy atom. The molecule has 0 bridgehead atoms. The van der Waals surface area contributed by atoms with Gasteiger partial charge in [0.05, 0.1) is 5.69 Å². The summed E-state index contributed by atoms with van der Waals surface area (Å²) in [6.45, 7) is 3.64. The summed E-state index contributed by atoms with van der Waals surface area (Å²) < 4.78 is 0. The van der Waals surface area contributed by atoms with E-state index >= 15 is 0 Å². The maximum absolute atomic E-state index is 12.5. The molecule has 0 aromatic carbocycles. The van der Waals surface area contributed by atoms with E-state index < -0.39 is 0 Å². The molecule has 1 amide bonds. The molecule has 2 N–H and O–H groups in total. The van der Waals surface area contributed by atoms with Gasteiger partial charge >= 0.3 is 0 Å². The summed E-state index contributed by atoms with van der Waals surface area (Å²) in [6, 6.07) is 3.89. The van der Waals surface area contributed by atoms with Crippen LogP contribution < -0.4 is 5.73 Å². The number of thiophene rings is 1. The number of hydrogen-bond donors (Lipinski definition) is 1. The summed E-state index contributed by atoms with van der Waals surface area (Å²) in [5.74, 6) is 0.0675. The number of nitrogens with zero attached hydrogens (tertiary/aromatic N) is 2. The second-order valence-corrected chi connectivity index (χ2v) is 6.00. The maximum atomic E-state index is 12.5. The van der Waals surface area contributed by atoms with Gasteiger partial charge in [0, 0.05) is 24.2 Å². The highest BCUT2D eigenvalue weighted by atomic mass is 32.1. The lowest BCUT2D eigenvalue weighted by Gasteiger charge is -2.26. The highest BCUT2D eigenvalue weighted by molar-refractivity contribution is 7.21. The predicted molar refractivity (Wildman–Crippen MR) is 78.5 cm³/mol. The van der Waals surface area contributed by atoms with Crippen molar-refractivity contribution in [3.05, 3.63) is 22.7 Å². The van der Waals surface area contributed by atoms with Crippen LogP contribution in [0.15, 0.2) is 12.1 Å². The number of pyridine rings is 1. The molecule has 0 aliphatic carbocycles. The van der Waals surface area contributed by atoms with E-state index in [0.29, 0.717) is 10.6 Å². The van der Waals surface area contributed by atoms with Crippen molar-refractivity contribution in [1.29, 1.82) is 0 Å². The van der Waals surface area contributed by atoms with E-state index in [1.807, 2.05) is 24.0 Å². The molecule has 2 aromatic rings. The summed E-state index contributed by atoms with van der Waals surface area (Å²) in [7, 11) is 0. The highest BCUT2D eigenvalue weighted by Gasteiger charge is 2.23. The number of likely N-dealkylation sites (tertiary alicyclic amines) is 1. The molecule has 0 atom stereocenters. The van der Waals surface area contributed by atoms with E-state index in [1.165, 1.54) is 17.8 Å². The van der Waals surface area contributed by atoms with Gasteiger partial charge in [0.2, 0.25) is 0 Å². The predicted octanol–water partition coefficient (Wildman–Crippen LogP) is 2.81. The van der Waals surface area contributed by atoms with E-state index in [-0.39, 0.29) is 5.91 Å². The number of amides is 1. The van der Waals surface area contributed by atoms with Crippen molar-refractivity contribution >= 4 is 33.1 Å². The van der Waals surface area contributed by atoms with Gasteiger partial charge in [-0.3, -0.25) is 4.79 Å².